The molecule has 8 heteroatoms. The lowest BCUT2D eigenvalue weighted by Gasteiger charge is -2.13. The second-order valence-corrected chi connectivity index (χ2v) is 9.65. The molecule has 35 heavy (non-hydrogen) atoms. The first-order chi connectivity index (χ1) is 16.7. The zero-order valence-electron chi connectivity index (χ0n) is 20.3. The highest BCUT2D eigenvalue weighted by molar-refractivity contribution is 7.17. The normalized spacial score (nSPS) is 11.0. The quantitative estimate of drug-likeness (QED) is 0.400. The van der Waals surface area contributed by atoms with E-state index < -0.39 is 0 Å². The Hall–Kier alpha value is -3.78. The molecule has 4 rings (SSSR count). The third-order valence-corrected chi connectivity index (χ3v) is 6.78. The lowest BCUT2D eigenvalue weighted by atomic mass is 10.1. The Morgan fingerprint density at radius 2 is 1.66 bits per heavy atom. The summed E-state index contributed by atoms with van der Waals surface area (Å²) in [4.78, 5) is 43.0. The Bertz CT molecular complexity index is 1450. The number of carbonyl (C=O) groups excluding carboxylic acids is 2. The molecule has 0 aliphatic carbocycles. The molecule has 7 nitrogen and oxygen atoms in total. The Balaban J connectivity index is 1.39. The second-order valence-electron chi connectivity index (χ2n) is 8.79. The fourth-order valence-electron chi connectivity index (χ4n) is 4.12. The summed E-state index contributed by atoms with van der Waals surface area (Å²) in [7, 11) is 0. The molecule has 4 aromatic rings. The monoisotopic (exact) mass is 488 g/mol. The van der Waals surface area contributed by atoms with Gasteiger partial charge in [0.25, 0.3) is 5.56 Å². The molecule has 2 aromatic carbocycles. The van der Waals surface area contributed by atoms with E-state index in [1.165, 1.54) is 22.2 Å². The van der Waals surface area contributed by atoms with Gasteiger partial charge in [0.15, 0.2) is 0 Å². The number of carbonyl (C=O) groups is 2. The van der Waals surface area contributed by atoms with Crippen LogP contribution >= 0.6 is 11.3 Å². The maximum absolute atomic E-state index is 13.2. The Morgan fingerprint density at radius 1 is 0.971 bits per heavy atom. The van der Waals surface area contributed by atoms with E-state index in [1.807, 2.05) is 69.5 Å². The fourth-order valence-corrected chi connectivity index (χ4v) is 5.03. The van der Waals surface area contributed by atoms with Gasteiger partial charge in [-0.3, -0.25) is 19.0 Å². The summed E-state index contributed by atoms with van der Waals surface area (Å²) in [5.41, 5.74) is 6.62. The molecule has 0 unspecified atom stereocenters. The molecule has 0 radical (unpaired) electrons. The van der Waals surface area contributed by atoms with E-state index in [4.69, 9.17) is 0 Å². The van der Waals surface area contributed by atoms with Gasteiger partial charge in [0, 0.05) is 29.6 Å². The van der Waals surface area contributed by atoms with Gasteiger partial charge in [-0.25, -0.2) is 4.98 Å². The summed E-state index contributed by atoms with van der Waals surface area (Å²) in [6, 6.07) is 12.0. The number of amides is 2. The SMILES string of the molecule is Cc1ccc(-c2csc3ncn(CCC(=O)NCC(=O)Nc4c(C)cc(C)cc4C)c(=O)c23)cc1. The summed E-state index contributed by atoms with van der Waals surface area (Å²) in [6.45, 7) is 7.94. The van der Waals surface area contributed by atoms with Crippen LogP contribution in [0.15, 0.2) is 52.9 Å². The highest BCUT2D eigenvalue weighted by atomic mass is 32.1. The number of rotatable bonds is 7. The van der Waals surface area contributed by atoms with E-state index in [2.05, 4.69) is 15.6 Å². The van der Waals surface area contributed by atoms with Crippen LogP contribution in [0.1, 0.15) is 28.7 Å². The van der Waals surface area contributed by atoms with Gasteiger partial charge in [-0.05, 0) is 44.4 Å². The number of nitrogens with zero attached hydrogens (tertiary/aromatic N) is 2. The minimum absolute atomic E-state index is 0.0625. The van der Waals surface area contributed by atoms with Crippen molar-refractivity contribution in [3.63, 3.8) is 0 Å². The summed E-state index contributed by atoms with van der Waals surface area (Å²) < 4.78 is 1.45. The zero-order chi connectivity index (χ0) is 25.1. The predicted molar refractivity (Wildman–Crippen MR) is 141 cm³/mol. The fraction of sp³-hybridized carbons (Fsp3) is 0.259. The van der Waals surface area contributed by atoms with E-state index in [9.17, 15) is 14.4 Å². The van der Waals surface area contributed by atoms with Gasteiger partial charge < -0.3 is 10.6 Å². The third kappa shape index (κ3) is 5.49. The van der Waals surface area contributed by atoms with Crippen LogP contribution in [0.4, 0.5) is 5.69 Å². The predicted octanol–water partition coefficient (Wildman–Crippen LogP) is 4.50. The lowest BCUT2D eigenvalue weighted by molar-refractivity contribution is -0.124. The number of anilines is 1. The molecule has 2 heterocycles. The molecule has 0 bridgehead atoms. The first kappa shape index (κ1) is 24.3. The summed E-state index contributed by atoms with van der Waals surface area (Å²) in [5.74, 6) is -0.608. The van der Waals surface area contributed by atoms with Crippen molar-refractivity contribution >= 4 is 39.1 Å². The Labute approximate surface area is 207 Å². The summed E-state index contributed by atoms with van der Waals surface area (Å²) in [5, 5.41) is 8.00. The van der Waals surface area contributed by atoms with Gasteiger partial charge >= 0.3 is 0 Å². The standard InChI is InChI=1S/C27H28N4O3S/c1-16-5-7-20(8-6-16)21-14-35-26-24(21)27(34)31(15-29-26)10-9-22(32)28-13-23(33)30-25-18(3)11-17(2)12-19(25)4/h5-8,11-12,14-15H,9-10,13H2,1-4H3,(H,28,32)(H,30,33). The van der Waals surface area contributed by atoms with E-state index >= 15 is 0 Å². The van der Waals surface area contributed by atoms with Gasteiger partial charge in [-0.15, -0.1) is 11.3 Å². The molecule has 0 saturated carbocycles. The van der Waals surface area contributed by atoms with Crippen molar-refractivity contribution in [3.05, 3.63) is 80.7 Å². The van der Waals surface area contributed by atoms with Gasteiger partial charge in [-0.2, -0.15) is 0 Å². The van der Waals surface area contributed by atoms with Crippen LogP contribution in [0, 0.1) is 27.7 Å². The smallest absolute Gasteiger partial charge is 0.262 e. The second kappa shape index (κ2) is 10.2. The van der Waals surface area contributed by atoms with E-state index in [1.54, 1.807) is 0 Å². The first-order valence-electron chi connectivity index (χ1n) is 11.4. The number of aryl methyl sites for hydroxylation is 5. The summed E-state index contributed by atoms with van der Waals surface area (Å²) in [6.07, 6.45) is 1.54. The minimum Gasteiger partial charge on any atom is -0.347 e. The number of aromatic nitrogens is 2. The van der Waals surface area contributed by atoms with E-state index in [0.717, 1.165) is 39.1 Å². The van der Waals surface area contributed by atoms with Crippen molar-refractivity contribution in [1.82, 2.24) is 14.9 Å². The van der Waals surface area contributed by atoms with Gasteiger partial charge in [0.2, 0.25) is 11.8 Å². The average Bonchev–Trinajstić information content (AvgIpc) is 3.25. The molecule has 0 aliphatic rings. The van der Waals surface area contributed by atoms with Crippen LogP contribution in [0.3, 0.4) is 0 Å². The Kier molecular flexibility index (Phi) is 7.12. The number of benzene rings is 2. The van der Waals surface area contributed by atoms with Crippen LogP contribution in [0.25, 0.3) is 21.3 Å². The molecule has 180 valence electrons. The topological polar surface area (TPSA) is 93.1 Å². The van der Waals surface area contributed by atoms with Crippen molar-refractivity contribution in [2.75, 3.05) is 11.9 Å². The maximum atomic E-state index is 13.2. The van der Waals surface area contributed by atoms with Gasteiger partial charge in [-0.1, -0.05) is 47.5 Å². The number of fused-ring (bicyclic) bond motifs is 1. The van der Waals surface area contributed by atoms with Crippen molar-refractivity contribution < 1.29 is 9.59 Å². The van der Waals surface area contributed by atoms with Gasteiger partial charge in [0.05, 0.1) is 18.3 Å². The molecule has 0 fully saturated rings. The molecular weight excluding hydrogens is 460 g/mol. The largest absolute Gasteiger partial charge is 0.347 e. The van der Waals surface area contributed by atoms with Crippen LogP contribution < -0.4 is 16.2 Å². The van der Waals surface area contributed by atoms with Crippen molar-refractivity contribution in [2.45, 2.75) is 40.7 Å². The van der Waals surface area contributed by atoms with Crippen LogP contribution in [0.2, 0.25) is 0 Å². The van der Waals surface area contributed by atoms with E-state index in [-0.39, 0.29) is 36.9 Å². The highest BCUT2D eigenvalue weighted by Gasteiger charge is 2.15. The van der Waals surface area contributed by atoms with Gasteiger partial charge in [0.1, 0.15) is 4.83 Å². The Morgan fingerprint density at radius 3 is 2.34 bits per heavy atom. The maximum Gasteiger partial charge on any atom is 0.262 e. The van der Waals surface area contributed by atoms with Crippen LogP contribution in [-0.4, -0.2) is 27.9 Å². The van der Waals surface area contributed by atoms with E-state index in [0.29, 0.717) is 10.2 Å². The molecular formula is C27H28N4O3S. The summed E-state index contributed by atoms with van der Waals surface area (Å²) >= 11 is 1.43. The first-order valence-corrected chi connectivity index (χ1v) is 12.3. The lowest BCUT2D eigenvalue weighted by Crippen LogP contribution is -2.34. The number of nitrogens with one attached hydrogen (secondary N) is 2. The number of hydrogen-bond acceptors (Lipinski definition) is 5. The minimum atomic E-state index is -0.312. The zero-order valence-corrected chi connectivity index (χ0v) is 21.1. The van der Waals surface area contributed by atoms with Crippen LogP contribution in [0.5, 0.6) is 0 Å². The number of thiophene rings is 1. The molecule has 0 aliphatic heterocycles. The highest BCUT2D eigenvalue weighted by Crippen LogP contribution is 2.30. The molecule has 0 spiro atoms. The average molecular weight is 489 g/mol. The molecule has 2 amide bonds. The van der Waals surface area contributed by atoms with Crippen molar-refractivity contribution in [3.8, 4) is 11.1 Å². The molecule has 0 saturated heterocycles. The molecule has 2 aromatic heterocycles. The number of hydrogen-bond donors (Lipinski definition) is 2. The molecule has 0 atom stereocenters. The van der Waals surface area contributed by atoms with Crippen LogP contribution in [-0.2, 0) is 16.1 Å². The van der Waals surface area contributed by atoms with Crippen molar-refractivity contribution in [1.29, 1.82) is 0 Å². The molecule has 2 N–H and O–H groups in total. The van der Waals surface area contributed by atoms with Crippen molar-refractivity contribution in [2.24, 2.45) is 0 Å². The third-order valence-electron chi connectivity index (χ3n) is 5.89.